The molecule has 0 aromatic heterocycles. The summed E-state index contributed by atoms with van der Waals surface area (Å²) in [7, 11) is 0. The second kappa shape index (κ2) is 5.80. The quantitative estimate of drug-likeness (QED) is 0.786. The van der Waals surface area contributed by atoms with Crippen LogP contribution in [0.25, 0.3) is 0 Å². The molecule has 0 saturated carbocycles. The maximum absolute atomic E-state index is 13.6. The Labute approximate surface area is 112 Å². The summed E-state index contributed by atoms with van der Waals surface area (Å²) in [6, 6.07) is 4.59. The third kappa shape index (κ3) is 2.85. The smallest absolute Gasteiger partial charge is 0.194 e. The summed E-state index contributed by atoms with van der Waals surface area (Å²) < 4.78 is 24.6. The molecule has 0 amide bonds. The van der Waals surface area contributed by atoms with Gasteiger partial charge >= 0.3 is 0 Å². The number of benzene rings is 1. The molecule has 0 bridgehead atoms. The first kappa shape index (κ1) is 14.2. The highest BCUT2D eigenvalue weighted by atomic mass is 19.1. The first-order valence-electron chi connectivity index (χ1n) is 6.62. The van der Waals surface area contributed by atoms with E-state index in [1.54, 1.807) is 19.1 Å². The van der Waals surface area contributed by atoms with Gasteiger partial charge in [0.05, 0.1) is 0 Å². The molecule has 1 aromatic carbocycles. The molecule has 0 N–H and O–H groups in total. The Morgan fingerprint density at radius 2 is 2.11 bits per heavy atom. The maximum atomic E-state index is 13.6. The highest BCUT2D eigenvalue weighted by Crippen LogP contribution is 2.29. The molecule has 0 radical (unpaired) electrons. The fourth-order valence-electron chi connectivity index (χ4n) is 2.41. The summed E-state index contributed by atoms with van der Waals surface area (Å²) in [5.74, 6) is -0.499. The Morgan fingerprint density at radius 1 is 1.42 bits per heavy atom. The Bertz CT molecular complexity index is 459. The van der Waals surface area contributed by atoms with Gasteiger partial charge in [0.15, 0.2) is 5.78 Å². The Hall–Kier alpha value is -1.26. The molecule has 0 aliphatic carbocycles. The number of ketones is 1. The zero-order chi connectivity index (χ0) is 13.9. The van der Waals surface area contributed by atoms with Crippen molar-refractivity contribution >= 4 is 5.78 Å². The summed E-state index contributed by atoms with van der Waals surface area (Å²) in [5, 5.41) is 0. The Morgan fingerprint density at radius 3 is 2.68 bits per heavy atom. The number of ether oxygens (including phenoxy) is 2. The van der Waals surface area contributed by atoms with Gasteiger partial charge in [-0.25, -0.2) is 4.39 Å². The van der Waals surface area contributed by atoms with E-state index in [-0.39, 0.29) is 11.6 Å². The van der Waals surface area contributed by atoms with Crippen LogP contribution < -0.4 is 0 Å². The van der Waals surface area contributed by atoms with Crippen LogP contribution in [0.1, 0.15) is 35.7 Å². The van der Waals surface area contributed by atoms with Crippen molar-refractivity contribution in [2.75, 3.05) is 19.8 Å². The molecule has 104 valence electrons. The second-order valence-electron chi connectivity index (χ2n) is 4.83. The van der Waals surface area contributed by atoms with Gasteiger partial charge < -0.3 is 9.47 Å². The van der Waals surface area contributed by atoms with Crippen molar-refractivity contribution in [3.05, 3.63) is 35.1 Å². The van der Waals surface area contributed by atoms with Crippen molar-refractivity contribution in [1.82, 2.24) is 0 Å². The van der Waals surface area contributed by atoms with Crippen LogP contribution >= 0.6 is 0 Å². The highest BCUT2D eigenvalue weighted by molar-refractivity contribution is 6.02. The summed E-state index contributed by atoms with van der Waals surface area (Å²) in [4.78, 5) is 12.6. The molecule has 1 aliphatic heterocycles. The van der Waals surface area contributed by atoms with Crippen LogP contribution in [-0.4, -0.2) is 31.2 Å². The Balaban J connectivity index is 2.30. The van der Waals surface area contributed by atoms with Gasteiger partial charge in [-0.3, -0.25) is 4.79 Å². The first-order chi connectivity index (χ1) is 9.09. The molecule has 19 heavy (non-hydrogen) atoms. The number of halogens is 1. The highest BCUT2D eigenvalue weighted by Gasteiger charge is 2.41. The predicted octanol–water partition coefficient (Wildman–Crippen LogP) is 2.90. The lowest BCUT2D eigenvalue weighted by Gasteiger charge is -2.35. The van der Waals surface area contributed by atoms with Crippen LogP contribution in [0.15, 0.2) is 18.2 Å². The third-order valence-corrected chi connectivity index (χ3v) is 3.57. The van der Waals surface area contributed by atoms with Gasteiger partial charge in [-0.1, -0.05) is 12.1 Å². The molecule has 4 heteroatoms. The maximum Gasteiger partial charge on any atom is 0.194 e. The van der Waals surface area contributed by atoms with Gasteiger partial charge in [-0.05, 0) is 25.5 Å². The lowest BCUT2D eigenvalue weighted by molar-refractivity contribution is -0.0822. The largest absolute Gasteiger partial charge is 0.381 e. The van der Waals surface area contributed by atoms with Gasteiger partial charge in [-0.15, -0.1) is 0 Å². The number of hydrogen-bond donors (Lipinski definition) is 0. The molecule has 0 spiro atoms. The number of rotatable bonds is 4. The van der Waals surface area contributed by atoms with E-state index < -0.39 is 5.60 Å². The van der Waals surface area contributed by atoms with E-state index >= 15 is 0 Å². The predicted molar refractivity (Wildman–Crippen MR) is 69.9 cm³/mol. The third-order valence-electron chi connectivity index (χ3n) is 3.57. The molecule has 0 atom stereocenters. The Kier molecular flexibility index (Phi) is 4.32. The molecule has 1 aromatic rings. The van der Waals surface area contributed by atoms with E-state index in [4.69, 9.17) is 9.47 Å². The van der Waals surface area contributed by atoms with Crippen LogP contribution in [0.3, 0.4) is 0 Å². The first-order valence-corrected chi connectivity index (χ1v) is 6.62. The van der Waals surface area contributed by atoms with Crippen LogP contribution in [0.2, 0.25) is 0 Å². The SMILES string of the molecule is CCOC1(C(=O)c2ccc(C)c(F)c2)CCOCC1. The molecule has 0 unspecified atom stereocenters. The zero-order valence-electron chi connectivity index (χ0n) is 11.4. The number of aryl methyl sites for hydroxylation is 1. The second-order valence-corrected chi connectivity index (χ2v) is 4.83. The minimum atomic E-state index is -0.852. The van der Waals surface area contributed by atoms with Crippen molar-refractivity contribution in [3.8, 4) is 0 Å². The van der Waals surface area contributed by atoms with E-state index in [9.17, 15) is 9.18 Å². The molecule has 1 fully saturated rings. The number of hydrogen-bond acceptors (Lipinski definition) is 3. The fraction of sp³-hybridized carbons (Fsp3) is 0.533. The van der Waals surface area contributed by atoms with Crippen molar-refractivity contribution in [2.45, 2.75) is 32.3 Å². The minimum absolute atomic E-state index is 0.142. The number of Topliss-reactive ketones (excluding diaryl/α,β-unsaturated/α-hetero) is 1. The van der Waals surface area contributed by atoms with E-state index in [0.29, 0.717) is 43.8 Å². The van der Waals surface area contributed by atoms with Gasteiger partial charge in [0.2, 0.25) is 0 Å². The van der Waals surface area contributed by atoms with Crippen molar-refractivity contribution in [1.29, 1.82) is 0 Å². The zero-order valence-corrected chi connectivity index (χ0v) is 11.4. The molecule has 3 nitrogen and oxygen atoms in total. The van der Waals surface area contributed by atoms with Crippen molar-refractivity contribution in [3.63, 3.8) is 0 Å². The summed E-state index contributed by atoms with van der Waals surface area (Å²) in [6.07, 6.45) is 1.05. The average molecular weight is 266 g/mol. The number of carbonyl (C=O) groups excluding carboxylic acids is 1. The normalized spacial score (nSPS) is 18.3. The number of carbonyl (C=O) groups is 1. The van der Waals surface area contributed by atoms with Gasteiger partial charge in [-0.2, -0.15) is 0 Å². The molecule has 1 aliphatic rings. The van der Waals surface area contributed by atoms with Crippen LogP contribution in [0, 0.1) is 12.7 Å². The lowest BCUT2D eigenvalue weighted by atomic mass is 9.85. The summed E-state index contributed by atoms with van der Waals surface area (Å²) in [5.41, 5.74) is 0.0572. The van der Waals surface area contributed by atoms with Crippen molar-refractivity contribution in [2.24, 2.45) is 0 Å². The molecular weight excluding hydrogens is 247 g/mol. The van der Waals surface area contributed by atoms with E-state index in [1.165, 1.54) is 6.07 Å². The van der Waals surface area contributed by atoms with E-state index in [2.05, 4.69) is 0 Å². The van der Waals surface area contributed by atoms with Gasteiger partial charge in [0.1, 0.15) is 11.4 Å². The fourth-order valence-corrected chi connectivity index (χ4v) is 2.41. The van der Waals surface area contributed by atoms with Gasteiger partial charge in [0.25, 0.3) is 0 Å². The van der Waals surface area contributed by atoms with Crippen LogP contribution in [-0.2, 0) is 9.47 Å². The lowest BCUT2D eigenvalue weighted by Crippen LogP contribution is -2.46. The van der Waals surface area contributed by atoms with Crippen LogP contribution in [0.4, 0.5) is 4.39 Å². The summed E-state index contributed by atoms with van der Waals surface area (Å²) >= 11 is 0. The standard InChI is InChI=1S/C15H19FO3/c1-3-19-15(6-8-18-9-7-15)14(17)12-5-4-11(2)13(16)10-12/h4-5,10H,3,6-9H2,1-2H3. The van der Waals surface area contributed by atoms with Gasteiger partial charge in [0, 0.05) is 38.2 Å². The summed E-state index contributed by atoms with van der Waals surface area (Å²) in [6.45, 7) is 5.00. The van der Waals surface area contributed by atoms with Crippen LogP contribution in [0.5, 0.6) is 0 Å². The molecular formula is C15H19FO3. The van der Waals surface area contributed by atoms with E-state index in [0.717, 1.165) is 0 Å². The molecule has 2 rings (SSSR count). The van der Waals surface area contributed by atoms with E-state index in [1.807, 2.05) is 6.92 Å². The monoisotopic (exact) mass is 266 g/mol. The molecule has 1 heterocycles. The topological polar surface area (TPSA) is 35.5 Å². The van der Waals surface area contributed by atoms with Crippen molar-refractivity contribution < 1.29 is 18.7 Å². The molecule has 1 saturated heterocycles. The average Bonchev–Trinajstić information content (AvgIpc) is 2.42. The minimum Gasteiger partial charge on any atom is -0.381 e.